The fourth-order valence-electron chi connectivity index (χ4n) is 1.28. The Bertz CT molecular complexity index is 311. The third-order valence-electron chi connectivity index (χ3n) is 2.04. The second-order valence-corrected chi connectivity index (χ2v) is 2.94. The Morgan fingerprint density at radius 3 is 2.50 bits per heavy atom. The number of aromatic hydroxyl groups is 1. The van der Waals surface area contributed by atoms with Crippen molar-refractivity contribution < 1.29 is 5.11 Å². The van der Waals surface area contributed by atoms with E-state index in [-0.39, 0.29) is 0 Å². The first-order valence-electron chi connectivity index (χ1n) is 4.08. The van der Waals surface area contributed by atoms with Gasteiger partial charge in [0.15, 0.2) is 0 Å². The summed E-state index contributed by atoms with van der Waals surface area (Å²) in [6.07, 6.45) is 4.00. The maximum atomic E-state index is 9.42. The Labute approximate surface area is 73.4 Å². The lowest BCUT2D eigenvalue weighted by molar-refractivity contribution is 0.471. The number of allylic oxidation sites excluding steroid dienone is 1. The highest BCUT2D eigenvalue weighted by molar-refractivity contribution is 5.60. The molecule has 1 heteroatoms. The Kier molecular flexibility index (Phi) is 2.54. The van der Waals surface area contributed by atoms with Gasteiger partial charge >= 0.3 is 0 Å². The third kappa shape index (κ3) is 1.50. The molecule has 0 fully saturated rings. The second-order valence-electron chi connectivity index (χ2n) is 2.94. The predicted octanol–water partition coefficient (Wildman–Crippen LogP) is 3.04. The number of hydrogen-bond acceptors (Lipinski definition) is 1. The summed E-state index contributed by atoms with van der Waals surface area (Å²) in [5, 5.41) is 9.42. The molecule has 0 saturated heterocycles. The minimum Gasteiger partial charge on any atom is -0.508 e. The molecule has 0 aliphatic rings. The van der Waals surface area contributed by atoms with Crippen LogP contribution in [0.15, 0.2) is 18.2 Å². The molecule has 0 heterocycles. The monoisotopic (exact) mass is 162 g/mol. The number of hydrogen-bond donors (Lipinski definition) is 1. The molecule has 0 amide bonds. The molecule has 12 heavy (non-hydrogen) atoms. The SMILES string of the molecule is CC=Cc1c(C)ccc(O)c1C. The molecule has 0 aliphatic heterocycles. The van der Waals surface area contributed by atoms with E-state index in [2.05, 4.69) is 0 Å². The molecule has 1 N–H and O–H groups in total. The van der Waals surface area contributed by atoms with Gasteiger partial charge in [-0.1, -0.05) is 18.2 Å². The average molecular weight is 162 g/mol. The highest BCUT2D eigenvalue weighted by atomic mass is 16.3. The van der Waals surface area contributed by atoms with Gasteiger partial charge in [-0.15, -0.1) is 0 Å². The summed E-state index contributed by atoms with van der Waals surface area (Å²) < 4.78 is 0. The molecular formula is C11H14O. The predicted molar refractivity (Wildman–Crippen MR) is 52.3 cm³/mol. The van der Waals surface area contributed by atoms with E-state index in [4.69, 9.17) is 0 Å². The summed E-state index contributed by atoms with van der Waals surface area (Å²) in [4.78, 5) is 0. The lowest BCUT2D eigenvalue weighted by Crippen LogP contribution is -1.86. The number of benzene rings is 1. The van der Waals surface area contributed by atoms with Gasteiger partial charge in [-0.3, -0.25) is 0 Å². The molecular weight excluding hydrogens is 148 g/mol. The van der Waals surface area contributed by atoms with Gasteiger partial charge < -0.3 is 5.11 Å². The molecule has 0 aromatic heterocycles. The fourth-order valence-corrected chi connectivity index (χ4v) is 1.28. The molecule has 0 spiro atoms. The normalized spacial score (nSPS) is 10.9. The van der Waals surface area contributed by atoms with E-state index < -0.39 is 0 Å². The van der Waals surface area contributed by atoms with E-state index in [1.807, 2.05) is 39.0 Å². The first-order valence-corrected chi connectivity index (χ1v) is 4.08. The summed E-state index contributed by atoms with van der Waals surface area (Å²) in [5.41, 5.74) is 3.27. The van der Waals surface area contributed by atoms with Crippen molar-refractivity contribution in [1.82, 2.24) is 0 Å². The molecule has 0 bridgehead atoms. The summed E-state index contributed by atoms with van der Waals surface area (Å²) >= 11 is 0. The second kappa shape index (κ2) is 3.44. The Morgan fingerprint density at radius 1 is 1.25 bits per heavy atom. The van der Waals surface area contributed by atoms with Crippen LogP contribution < -0.4 is 0 Å². The minimum atomic E-state index is 0.369. The molecule has 0 atom stereocenters. The Morgan fingerprint density at radius 2 is 1.92 bits per heavy atom. The van der Waals surface area contributed by atoms with E-state index in [0.717, 1.165) is 11.1 Å². The lowest BCUT2D eigenvalue weighted by Gasteiger charge is -2.06. The highest BCUT2D eigenvalue weighted by Gasteiger charge is 2.02. The van der Waals surface area contributed by atoms with E-state index in [9.17, 15) is 5.11 Å². The molecule has 0 saturated carbocycles. The molecule has 0 unspecified atom stereocenters. The van der Waals surface area contributed by atoms with Gasteiger partial charge in [0.05, 0.1) is 0 Å². The molecule has 0 radical (unpaired) electrons. The topological polar surface area (TPSA) is 20.2 Å². The number of phenols is 1. The minimum absolute atomic E-state index is 0.369. The third-order valence-corrected chi connectivity index (χ3v) is 2.04. The number of rotatable bonds is 1. The van der Waals surface area contributed by atoms with E-state index in [0.29, 0.717) is 5.75 Å². The maximum Gasteiger partial charge on any atom is 0.119 e. The molecule has 1 aromatic rings. The zero-order valence-corrected chi connectivity index (χ0v) is 7.76. The van der Waals surface area contributed by atoms with Gasteiger partial charge in [0.2, 0.25) is 0 Å². The maximum absolute atomic E-state index is 9.42. The largest absolute Gasteiger partial charge is 0.508 e. The summed E-state index contributed by atoms with van der Waals surface area (Å²) in [5.74, 6) is 0.369. The van der Waals surface area contributed by atoms with Gasteiger partial charge in [-0.05, 0) is 43.5 Å². The molecule has 1 rings (SSSR count). The van der Waals surface area contributed by atoms with Crippen LogP contribution in [0.5, 0.6) is 5.75 Å². The van der Waals surface area contributed by atoms with E-state index in [1.54, 1.807) is 6.07 Å². The fraction of sp³-hybridized carbons (Fsp3) is 0.273. The van der Waals surface area contributed by atoms with Gasteiger partial charge in [0, 0.05) is 0 Å². The first kappa shape index (κ1) is 8.85. The van der Waals surface area contributed by atoms with Crippen LogP contribution in [0.2, 0.25) is 0 Å². The summed E-state index contributed by atoms with van der Waals surface area (Å²) in [7, 11) is 0. The van der Waals surface area contributed by atoms with Crippen LogP contribution in [0.25, 0.3) is 6.08 Å². The molecule has 1 aromatic carbocycles. The van der Waals surface area contributed by atoms with Crippen LogP contribution in [0.3, 0.4) is 0 Å². The van der Waals surface area contributed by atoms with Gasteiger partial charge in [-0.2, -0.15) is 0 Å². The van der Waals surface area contributed by atoms with Crippen molar-refractivity contribution in [3.63, 3.8) is 0 Å². The van der Waals surface area contributed by atoms with Crippen LogP contribution in [0, 0.1) is 13.8 Å². The quantitative estimate of drug-likeness (QED) is 0.673. The summed E-state index contributed by atoms with van der Waals surface area (Å²) in [6.45, 7) is 5.95. The summed E-state index contributed by atoms with van der Waals surface area (Å²) in [6, 6.07) is 3.66. The average Bonchev–Trinajstić information content (AvgIpc) is 2.06. The Hall–Kier alpha value is -1.24. The van der Waals surface area contributed by atoms with Crippen molar-refractivity contribution in [2.75, 3.05) is 0 Å². The molecule has 1 nitrogen and oxygen atoms in total. The van der Waals surface area contributed by atoms with Crippen molar-refractivity contribution in [3.8, 4) is 5.75 Å². The van der Waals surface area contributed by atoms with Gasteiger partial charge in [0.25, 0.3) is 0 Å². The molecule has 64 valence electrons. The highest BCUT2D eigenvalue weighted by Crippen LogP contribution is 2.23. The first-order chi connectivity index (χ1) is 5.66. The van der Waals surface area contributed by atoms with E-state index in [1.165, 1.54) is 5.56 Å². The van der Waals surface area contributed by atoms with Crippen molar-refractivity contribution in [3.05, 3.63) is 34.9 Å². The Balaban J connectivity index is 3.32. The standard InChI is InChI=1S/C11H14O/c1-4-5-10-8(2)6-7-11(12)9(10)3/h4-7,12H,1-3H3. The number of aryl methyl sites for hydroxylation is 1. The van der Waals surface area contributed by atoms with Crippen molar-refractivity contribution in [2.24, 2.45) is 0 Å². The smallest absolute Gasteiger partial charge is 0.119 e. The number of phenolic OH excluding ortho intramolecular Hbond substituents is 1. The van der Waals surface area contributed by atoms with Crippen molar-refractivity contribution >= 4 is 6.08 Å². The molecule has 0 aliphatic carbocycles. The van der Waals surface area contributed by atoms with Gasteiger partial charge in [-0.25, -0.2) is 0 Å². The van der Waals surface area contributed by atoms with Crippen LogP contribution >= 0.6 is 0 Å². The van der Waals surface area contributed by atoms with Crippen molar-refractivity contribution in [1.29, 1.82) is 0 Å². The lowest BCUT2D eigenvalue weighted by atomic mass is 10.0. The zero-order valence-electron chi connectivity index (χ0n) is 7.76. The van der Waals surface area contributed by atoms with Crippen LogP contribution in [0.4, 0.5) is 0 Å². The van der Waals surface area contributed by atoms with Crippen LogP contribution in [-0.2, 0) is 0 Å². The van der Waals surface area contributed by atoms with E-state index >= 15 is 0 Å². The van der Waals surface area contributed by atoms with Gasteiger partial charge in [0.1, 0.15) is 5.75 Å². The van der Waals surface area contributed by atoms with Crippen LogP contribution in [0.1, 0.15) is 23.6 Å². The van der Waals surface area contributed by atoms with Crippen LogP contribution in [-0.4, -0.2) is 5.11 Å². The zero-order chi connectivity index (χ0) is 9.14. The van der Waals surface area contributed by atoms with Crippen molar-refractivity contribution in [2.45, 2.75) is 20.8 Å².